The normalized spacial score (nSPS) is 22.4. The van der Waals surface area contributed by atoms with Gasteiger partial charge >= 0.3 is 0 Å². The van der Waals surface area contributed by atoms with Gasteiger partial charge < -0.3 is 14.0 Å². The van der Waals surface area contributed by atoms with Gasteiger partial charge in [-0.25, -0.2) is 4.98 Å². The first kappa shape index (κ1) is 15.6. The van der Waals surface area contributed by atoms with Crippen LogP contribution in [0.15, 0.2) is 24.5 Å². The fourth-order valence-corrected chi connectivity index (χ4v) is 3.78. The van der Waals surface area contributed by atoms with Crippen LogP contribution >= 0.6 is 0 Å². The van der Waals surface area contributed by atoms with Crippen molar-refractivity contribution in [2.45, 2.75) is 25.8 Å². The second kappa shape index (κ2) is 6.53. The van der Waals surface area contributed by atoms with Crippen LogP contribution < -0.4 is 0 Å². The lowest BCUT2D eigenvalue weighted by atomic mass is 10.1. The Balaban J connectivity index is 1.50. The Morgan fingerprint density at radius 3 is 3.00 bits per heavy atom. The van der Waals surface area contributed by atoms with Crippen LogP contribution in [0.2, 0.25) is 0 Å². The Kier molecular flexibility index (Phi) is 4.24. The molecule has 0 aliphatic carbocycles. The molecule has 0 saturated carbocycles. The number of morpholine rings is 1. The third kappa shape index (κ3) is 2.91. The predicted octanol–water partition coefficient (Wildman–Crippen LogP) is 1.58. The number of aromatic nitrogens is 2. The van der Waals surface area contributed by atoms with E-state index in [1.165, 1.54) is 0 Å². The van der Waals surface area contributed by atoms with Crippen molar-refractivity contribution in [3.63, 3.8) is 0 Å². The molecule has 0 bridgehead atoms. The van der Waals surface area contributed by atoms with Gasteiger partial charge in [0.25, 0.3) is 5.91 Å². The molecule has 2 aromatic rings. The van der Waals surface area contributed by atoms with Gasteiger partial charge in [-0.15, -0.1) is 0 Å². The summed E-state index contributed by atoms with van der Waals surface area (Å²) in [5.74, 6) is 0.133. The van der Waals surface area contributed by atoms with Crippen LogP contribution in [0, 0.1) is 6.92 Å². The van der Waals surface area contributed by atoms with Crippen molar-refractivity contribution in [1.29, 1.82) is 0 Å². The molecule has 0 radical (unpaired) electrons. The lowest BCUT2D eigenvalue weighted by Crippen LogP contribution is -2.46. The van der Waals surface area contributed by atoms with Crippen molar-refractivity contribution >= 4 is 11.6 Å². The molecule has 0 N–H and O–H groups in total. The molecule has 0 aromatic carbocycles. The van der Waals surface area contributed by atoms with E-state index in [1.807, 2.05) is 35.9 Å². The van der Waals surface area contributed by atoms with Gasteiger partial charge in [-0.2, -0.15) is 0 Å². The summed E-state index contributed by atoms with van der Waals surface area (Å²) in [5, 5.41) is 0. The van der Waals surface area contributed by atoms with Crippen molar-refractivity contribution in [1.82, 2.24) is 19.2 Å². The van der Waals surface area contributed by atoms with E-state index in [4.69, 9.17) is 4.74 Å². The summed E-state index contributed by atoms with van der Waals surface area (Å²) in [6.07, 6.45) is 5.96. The van der Waals surface area contributed by atoms with Gasteiger partial charge in [0, 0.05) is 55.9 Å². The number of imidazole rings is 1. The Bertz CT molecular complexity index is 736. The minimum atomic E-state index is 0.133. The topological polar surface area (TPSA) is 50.1 Å². The van der Waals surface area contributed by atoms with Crippen LogP contribution in [-0.4, -0.2) is 70.5 Å². The molecule has 4 rings (SSSR count). The monoisotopic (exact) mass is 328 g/mol. The van der Waals surface area contributed by atoms with Crippen LogP contribution in [0.5, 0.6) is 0 Å². The molecule has 2 fully saturated rings. The lowest BCUT2D eigenvalue weighted by molar-refractivity contribution is 0.0261. The molecule has 24 heavy (non-hydrogen) atoms. The molecule has 2 aliphatic heterocycles. The number of rotatable bonds is 3. The molecule has 4 heterocycles. The maximum Gasteiger partial charge on any atom is 0.254 e. The minimum absolute atomic E-state index is 0.133. The number of hydrogen-bond acceptors (Lipinski definition) is 4. The maximum absolute atomic E-state index is 13.0. The summed E-state index contributed by atoms with van der Waals surface area (Å²) >= 11 is 0. The van der Waals surface area contributed by atoms with E-state index in [-0.39, 0.29) is 5.91 Å². The molecule has 2 aliphatic rings. The summed E-state index contributed by atoms with van der Waals surface area (Å²) in [4.78, 5) is 21.8. The molecular formula is C18H24N4O2. The number of carbonyl (C=O) groups is 1. The highest BCUT2D eigenvalue weighted by Crippen LogP contribution is 2.22. The van der Waals surface area contributed by atoms with Crippen molar-refractivity contribution in [3.05, 3.63) is 35.8 Å². The van der Waals surface area contributed by atoms with Gasteiger partial charge in [0.15, 0.2) is 0 Å². The molecule has 2 saturated heterocycles. The molecule has 1 atom stereocenters. The Morgan fingerprint density at radius 1 is 1.33 bits per heavy atom. The standard InChI is InChI=1S/C18H24N4O2/c1-14-12-19-17-11-15(4-6-21(14)17)18(23)22-5-2-3-16(22)13-20-7-9-24-10-8-20/h4,6,11-12,16H,2-3,5,7-10,13H2,1H3. The van der Waals surface area contributed by atoms with E-state index in [1.54, 1.807) is 0 Å². The zero-order valence-corrected chi connectivity index (χ0v) is 14.1. The second-order valence-electron chi connectivity index (χ2n) is 6.75. The van der Waals surface area contributed by atoms with Gasteiger partial charge in [-0.1, -0.05) is 0 Å². The van der Waals surface area contributed by atoms with E-state index >= 15 is 0 Å². The zero-order valence-electron chi connectivity index (χ0n) is 14.1. The smallest absolute Gasteiger partial charge is 0.254 e. The first-order valence-corrected chi connectivity index (χ1v) is 8.77. The number of amides is 1. The third-order valence-corrected chi connectivity index (χ3v) is 5.16. The minimum Gasteiger partial charge on any atom is -0.379 e. The van der Waals surface area contributed by atoms with Gasteiger partial charge in [0.2, 0.25) is 0 Å². The van der Waals surface area contributed by atoms with Gasteiger partial charge in [0.05, 0.1) is 13.2 Å². The van der Waals surface area contributed by atoms with Crippen molar-refractivity contribution in [3.8, 4) is 0 Å². The summed E-state index contributed by atoms with van der Waals surface area (Å²) in [6.45, 7) is 7.37. The number of fused-ring (bicyclic) bond motifs is 1. The average molecular weight is 328 g/mol. The van der Waals surface area contributed by atoms with Crippen LogP contribution in [0.3, 0.4) is 0 Å². The predicted molar refractivity (Wildman–Crippen MR) is 91.2 cm³/mol. The Labute approximate surface area is 142 Å². The van der Waals surface area contributed by atoms with Gasteiger partial charge in [-0.05, 0) is 31.9 Å². The van der Waals surface area contributed by atoms with Crippen molar-refractivity contribution in [2.75, 3.05) is 39.4 Å². The van der Waals surface area contributed by atoms with Gasteiger partial charge in [-0.3, -0.25) is 9.69 Å². The number of hydrogen-bond donors (Lipinski definition) is 0. The maximum atomic E-state index is 13.0. The number of nitrogens with zero attached hydrogens (tertiary/aromatic N) is 4. The fourth-order valence-electron chi connectivity index (χ4n) is 3.78. The highest BCUT2D eigenvalue weighted by molar-refractivity contribution is 5.95. The van der Waals surface area contributed by atoms with Crippen molar-refractivity contribution in [2.24, 2.45) is 0 Å². The van der Waals surface area contributed by atoms with Crippen LogP contribution in [-0.2, 0) is 4.74 Å². The Morgan fingerprint density at radius 2 is 2.17 bits per heavy atom. The van der Waals surface area contributed by atoms with E-state index in [0.717, 1.165) is 69.1 Å². The summed E-state index contributed by atoms with van der Waals surface area (Å²) in [6, 6.07) is 4.13. The summed E-state index contributed by atoms with van der Waals surface area (Å²) in [7, 11) is 0. The first-order chi connectivity index (χ1) is 11.7. The van der Waals surface area contributed by atoms with Crippen LogP contribution in [0.4, 0.5) is 0 Å². The molecular weight excluding hydrogens is 304 g/mol. The molecule has 1 amide bonds. The van der Waals surface area contributed by atoms with E-state index < -0.39 is 0 Å². The zero-order chi connectivity index (χ0) is 16.5. The number of carbonyl (C=O) groups excluding carboxylic acids is 1. The number of ether oxygens (including phenoxy) is 1. The highest BCUT2D eigenvalue weighted by atomic mass is 16.5. The number of aryl methyl sites for hydroxylation is 1. The van der Waals surface area contributed by atoms with E-state index in [9.17, 15) is 4.79 Å². The largest absolute Gasteiger partial charge is 0.379 e. The summed E-state index contributed by atoms with van der Waals surface area (Å²) < 4.78 is 7.43. The van der Waals surface area contributed by atoms with Crippen LogP contribution in [0.25, 0.3) is 5.65 Å². The molecule has 2 aromatic heterocycles. The second-order valence-corrected chi connectivity index (χ2v) is 6.75. The van der Waals surface area contributed by atoms with Crippen LogP contribution in [0.1, 0.15) is 28.9 Å². The van der Waals surface area contributed by atoms with Gasteiger partial charge in [0.1, 0.15) is 5.65 Å². The molecule has 0 spiro atoms. The third-order valence-electron chi connectivity index (χ3n) is 5.16. The number of pyridine rings is 1. The SMILES string of the molecule is Cc1cnc2cc(C(=O)N3CCCC3CN3CCOCC3)ccn12. The average Bonchev–Trinajstić information content (AvgIpc) is 3.22. The van der Waals surface area contributed by atoms with E-state index in [2.05, 4.69) is 14.8 Å². The molecule has 6 nitrogen and oxygen atoms in total. The molecule has 6 heteroatoms. The quantitative estimate of drug-likeness (QED) is 0.858. The lowest BCUT2D eigenvalue weighted by Gasteiger charge is -2.33. The summed E-state index contributed by atoms with van der Waals surface area (Å²) in [5.41, 5.74) is 2.65. The van der Waals surface area contributed by atoms with Crippen molar-refractivity contribution < 1.29 is 9.53 Å². The van der Waals surface area contributed by atoms with E-state index in [0.29, 0.717) is 6.04 Å². The first-order valence-electron chi connectivity index (χ1n) is 8.77. The molecule has 128 valence electrons. The Hall–Kier alpha value is -1.92. The number of likely N-dealkylation sites (tertiary alicyclic amines) is 1. The molecule has 1 unspecified atom stereocenters. The fraction of sp³-hybridized carbons (Fsp3) is 0.556. The highest BCUT2D eigenvalue weighted by Gasteiger charge is 2.31.